The van der Waals surface area contributed by atoms with Crippen molar-refractivity contribution in [3.05, 3.63) is 54.1 Å². The molecule has 1 saturated carbocycles. The van der Waals surface area contributed by atoms with Gasteiger partial charge in [0.2, 0.25) is 5.91 Å². The molecule has 28 heavy (non-hydrogen) atoms. The van der Waals surface area contributed by atoms with Crippen molar-refractivity contribution in [1.82, 2.24) is 10.2 Å². The quantitative estimate of drug-likeness (QED) is 0.761. The van der Waals surface area contributed by atoms with Crippen LogP contribution in [-0.4, -0.2) is 49.8 Å². The van der Waals surface area contributed by atoms with Crippen LogP contribution in [0.25, 0.3) is 0 Å². The molecule has 148 valence electrons. The lowest BCUT2D eigenvalue weighted by atomic mass is 10.2. The second kappa shape index (κ2) is 8.52. The van der Waals surface area contributed by atoms with E-state index in [1.807, 2.05) is 42.5 Å². The summed E-state index contributed by atoms with van der Waals surface area (Å²) in [6.45, 7) is 1.94. The number of hydrogen-bond donors (Lipinski definition) is 1. The van der Waals surface area contributed by atoms with Crippen LogP contribution in [0, 0.1) is 0 Å². The number of ether oxygens (including phenoxy) is 3. The topological polar surface area (TPSA) is 60.0 Å². The molecule has 0 radical (unpaired) electrons. The van der Waals surface area contributed by atoms with E-state index in [0.717, 1.165) is 35.7 Å². The summed E-state index contributed by atoms with van der Waals surface area (Å²) in [4.78, 5) is 14.8. The van der Waals surface area contributed by atoms with E-state index in [4.69, 9.17) is 14.2 Å². The average Bonchev–Trinajstić information content (AvgIpc) is 3.57. The van der Waals surface area contributed by atoms with E-state index >= 15 is 0 Å². The van der Waals surface area contributed by atoms with Crippen LogP contribution in [0.2, 0.25) is 0 Å². The van der Waals surface area contributed by atoms with Crippen LogP contribution in [0.5, 0.6) is 17.2 Å². The van der Waals surface area contributed by atoms with E-state index in [9.17, 15) is 4.79 Å². The number of rotatable bonds is 8. The Bertz CT molecular complexity index is 822. The number of methoxy groups -OCH3 is 1. The summed E-state index contributed by atoms with van der Waals surface area (Å²) >= 11 is 0. The summed E-state index contributed by atoms with van der Waals surface area (Å²) in [5, 5.41) is 2.99. The molecule has 1 N–H and O–H groups in total. The SMILES string of the molecule is COc1ccccc1CN(CC(=O)NCC1COc2ccccc2O1)C1CC1. The van der Waals surface area contributed by atoms with Crippen LogP contribution in [0.3, 0.4) is 0 Å². The van der Waals surface area contributed by atoms with Crippen LogP contribution in [0.15, 0.2) is 48.5 Å². The van der Waals surface area contributed by atoms with Crippen molar-refractivity contribution in [3.8, 4) is 17.2 Å². The largest absolute Gasteiger partial charge is 0.496 e. The molecule has 1 heterocycles. The maximum absolute atomic E-state index is 12.5. The number of hydrogen-bond acceptors (Lipinski definition) is 5. The minimum Gasteiger partial charge on any atom is -0.496 e. The molecule has 0 saturated heterocycles. The maximum Gasteiger partial charge on any atom is 0.234 e. The van der Waals surface area contributed by atoms with Gasteiger partial charge >= 0.3 is 0 Å². The molecule has 2 aliphatic rings. The van der Waals surface area contributed by atoms with Gasteiger partial charge in [0.15, 0.2) is 11.5 Å². The van der Waals surface area contributed by atoms with E-state index in [1.54, 1.807) is 7.11 Å². The molecule has 0 spiro atoms. The number of fused-ring (bicyclic) bond motifs is 1. The lowest BCUT2D eigenvalue weighted by Gasteiger charge is -2.27. The molecule has 1 amide bonds. The minimum atomic E-state index is -0.178. The molecule has 4 rings (SSSR count). The fourth-order valence-corrected chi connectivity index (χ4v) is 3.44. The van der Waals surface area contributed by atoms with Crippen LogP contribution in [0.4, 0.5) is 0 Å². The molecular formula is C22H26N2O4. The summed E-state index contributed by atoms with van der Waals surface area (Å²) in [5.74, 6) is 2.34. The van der Waals surface area contributed by atoms with Gasteiger partial charge in [-0.2, -0.15) is 0 Å². The number of amides is 1. The van der Waals surface area contributed by atoms with Crippen LogP contribution in [-0.2, 0) is 11.3 Å². The zero-order valence-corrected chi connectivity index (χ0v) is 16.1. The lowest BCUT2D eigenvalue weighted by Crippen LogP contribution is -2.44. The van der Waals surface area contributed by atoms with Gasteiger partial charge in [-0.05, 0) is 31.0 Å². The molecule has 1 unspecified atom stereocenters. The van der Waals surface area contributed by atoms with Gasteiger partial charge in [-0.1, -0.05) is 30.3 Å². The Labute approximate surface area is 165 Å². The number of carbonyl (C=O) groups is 1. The van der Waals surface area contributed by atoms with E-state index in [2.05, 4.69) is 16.3 Å². The zero-order chi connectivity index (χ0) is 19.3. The first-order chi connectivity index (χ1) is 13.7. The highest BCUT2D eigenvalue weighted by Crippen LogP contribution is 2.31. The van der Waals surface area contributed by atoms with E-state index in [1.165, 1.54) is 0 Å². The molecule has 1 atom stereocenters. The van der Waals surface area contributed by atoms with E-state index in [0.29, 0.717) is 32.3 Å². The molecular weight excluding hydrogens is 356 g/mol. The second-order valence-corrected chi connectivity index (χ2v) is 7.25. The summed E-state index contributed by atoms with van der Waals surface area (Å²) in [5.41, 5.74) is 1.10. The van der Waals surface area contributed by atoms with Crippen LogP contribution in [0.1, 0.15) is 18.4 Å². The first kappa shape index (κ1) is 18.6. The Morgan fingerprint density at radius 2 is 1.89 bits per heavy atom. The second-order valence-electron chi connectivity index (χ2n) is 7.25. The maximum atomic E-state index is 12.5. The highest BCUT2D eigenvalue weighted by atomic mass is 16.6. The molecule has 6 heteroatoms. The standard InChI is InChI=1S/C22H26N2O4/c1-26-19-7-3-2-6-16(19)13-24(17-10-11-17)14-22(25)23-12-18-15-27-20-8-4-5-9-21(20)28-18/h2-9,17-18H,10-15H2,1H3,(H,23,25). The molecule has 1 fully saturated rings. The van der Waals surface area contributed by atoms with Crippen molar-refractivity contribution in [2.24, 2.45) is 0 Å². The summed E-state index contributed by atoms with van der Waals surface area (Å²) < 4.78 is 17.1. The predicted molar refractivity (Wildman–Crippen MR) is 106 cm³/mol. The third kappa shape index (κ3) is 4.57. The normalized spacial score (nSPS) is 18.0. The van der Waals surface area contributed by atoms with Crippen molar-refractivity contribution < 1.29 is 19.0 Å². The number of nitrogens with one attached hydrogen (secondary N) is 1. The molecule has 1 aliphatic carbocycles. The summed E-state index contributed by atoms with van der Waals surface area (Å²) in [7, 11) is 1.68. The zero-order valence-electron chi connectivity index (χ0n) is 16.1. The Morgan fingerprint density at radius 1 is 1.14 bits per heavy atom. The van der Waals surface area contributed by atoms with E-state index in [-0.39, 0.29) is 12.0 Å². The molecule has 0 bridgehead atoms. The monoisotopic (exact) mass is 382 g/mol. The Balaban J connectivity index is 1.29. The Hall–Kier alpha value is -2.73. The predicted octanol–water partition coefficient (Wildman–Crippen LogP) is 2.62. The number of benzene rings is 2. The lowest BCUT2D eigenvalue weighted by molar-refractivity contribution is -0.123. The number of nitrogens with zero attached hydrogens (tertiary/aromatic N) is 1. The van der Waals surface area contributed by atoms with Crippen molar-refractivity contribution in [1.29, 1.82) is 0 Å². The molecule has 0 aromatic heterocycles. The van der Waals surface area contributed by atoms with Gasteiger partial charge in [0, 0.05) is 18.2 Å². The van der Waals surface area contributed by atoms with Crippen molar-refractivity contribution in [2.45, 2.75) is 31.5 Å². The van der Waals surface area contributed by atoms with Gasteiger partial charge in [0.05, 0.1) is 20.2 Å². The Kier molecular flexibility index (Phi) is 5.67. The Morgan fingerprint density at radius 3 is 2.68 bits per heavy atom. The molecule has 2 aromatic carbocycles. The van der Waals surface area contributed by atoms with Crippen molar-refractivity contribution in [3.63, 3.8) is 0 Å². The minimum absolute atomic E-state index is 0.00394. The highest BCUT2D eigenvalue weighted by Gasteiger charge is 2.31. The smallest absolute Gasteiger partial charge is 0.234 e. The first-order valence-corrected chi connectivity index (χ1v) is 9.74. The number of para-hydroxylation sites is 3. The van der Waals surface area contributed by atoms with Gasteiger partial charge in [-0.15, -0.1) is 0 Å². The van der Waals surface area contributed by atoms with Gasteiger partial charge < -0.3 is 19.5 Å². The van der Waals surface area contributed by atoms with Gasteiger partial charge in [0.1, 0.15) is 18.5 Å². The average molecular weight is 382 g/mol. The van der Waals surface area contributed by atoms with Crippen molar-refractivity contribution in [2.75, 3.05) is 26.8 Å². The fraction of sp³-hybridized carbons (Fsp3) is 0.409. The van der Waals surface area contributed by atoms with Crippen LogP contribution < -0.4 is 19.5 Å². The number of carbonyl (C=O) groups excluding carboxylic acids is 1. The molecule has 2 aromatic rings. The van der Waals surface area contributed by atoms with Crippen LogP contribution >= 0.6 is 0 Å². The third-order valence-corrected chi connectivity index (χ3v) is 5.07. The van der Waals surface area contributed by atoms with Gasteiger partial charge in [-0.3, -0.25) is 9.69 Å². The fourth-order valence-electron chi connectivity index (χ4n) is 3.44. The van der Waals surface area contributed by atoms with E-state index < -0.39 is 0 Å². The van der Waals surface area contributed by atoms with Gasteiger partial charge in [0.25, 0.3) is 0 Å². The summed E-state index contributed by atoms with van der Waals surface area (Å²) in [6.07, 6.45) is 2.10. The molecule has 1 aliphatic heterocycles. The van der Waals surface area contributed by atoms with Gasteiger partial charge in [-0.25, -0.2) is 0 Å². The molecule has 6 nitrogen and oxygen atoms in total. The third-order valence-electron chi connectivity index (χ3n) is 5.07. The van der Waals surface area contributed by atoms with Crippen molar-refractivity contribution >= 4 is 5.91 Å². The summed E-state index contributed by atoms with van der Waals surface area (Å²) in [6, 6.07) is 16.0. The highest BCUT2D eigenvalue weighted by molar-refractivity contribution is 5.78. The first-order valence-electron chi connectivity index (χ1n) is 9.74.